The van der Waals surface area contributed by atoms with Crippen LogP contribution in [0, 0.1) is 0 Å². The fraction of sp³-hybridized carbons (Fsp3) is 0.412. The summed E-state index contributed by atoms with van der Waals surface area (Å²) >= 11 is 2.76. The molecular formula is C17H13BrF6N4O2. The monoisotopic (exact) mass is 498 g/mol. The summed E-state index contributed by atoms with van der Waals surface area (Å²) in [6.45, 7) is -0.0593. The van der Waals surface area contributed by atoms with E-state index in [1.807, 2.05) is 0 Å². The van der Waals surface area contributed by atoms with Crippen LogP contribution in [0.1, 0.15) is 30.4 Å². The number of aromatic nitrogens is 2. The minimum atomic E-state index is -4.83. The highest BCUT2D eigenvalue weighted by molar-refractivity contribution is 9.10. The molecule has 0 aliphatic carbocycles. The van der Waals surface area contributed by atoms with Crippen molar-refractivity contribution < 1.29 is 36.2 Å². The molecule has 162 valence electrons. The molecule has 0 amide bonds. The molecule has 0 radical (unpaired) electrons. The highest BCUT2D eigenvalue weighted by Gasteiger charge is 2.40. The van der Waals surface area contributed by atoms with Crippen LogP contribution in [0.2, 0.25) is 0 Å². The number of halogens is 7. The van der Waals surface area contributed by atoms with Crippen LogP contribution in [0.3, 0.4) is 0 Å². The molecule has 2 aromatic rings. The van der Waals surface area contributed by atoms with Crippen LogP contribution in [-0.4, -0.2) is 45.3 Å². The summed E-state index contributed by atoms with van der Waals surface area (Å²) in [6, 6.07) is 0.572. The summed E-state index contributed by atoms with van der Waals surface area (Å²) in [5.74, 6) is -1.23. The molecule has 2 aliphatic heterocycles. The van der Waals surface area contributed by atoms with Gasteiger partial charge in [-0.1, -0.05) is 15.9 Å². The molecule has 0 unspecified atom stereocenters. The average Bonchev–Trinajstić information content (AvgIpc) is 3.26. The molecule has 1 fully saturated rings. The van der Waals surface area contributed by atoms with Gasteiger partial charge in [-0.25, -0.2) is 18.2 Å². The number of rotatable bonds is 4. The highest BCUT2D eigenvalue weighted by Crippen LogP contribution is 2.42. The first-order valence-corrected chi connectivity index (χ1v) is 9.44. The van der Waals surface area contributed by atoms with Crippen molar-refractivity contribution in [1.82, 2.24) is 14.8 Å². The van der Waals surface area contributed by atoms with Crippen LogP contribution < -0.4 is 5.01 Å². The van der Waals surface area contributed by atoms with E-state index in [-0.39, 0.29) is 25.3 Å². The maximum Gasteiger partial charge on any atom is 0.417 e. The summed E-state index contributed by atoms with van der Waals surface area (Å²) in [5.41, 5.74) is -1.84. The van der Waals surface area contributed by atoms with Crippen LogP contribution in [0.4, 0.5) is 26.3 Å². The van der Waals surface area contributed by atoms with Crippen molar-refractivity contribution in [1.29, 1.82) is 0 Å². The van der Waals surface area contributed by atoms with E-state index in [1.165, 1.54) is 5.01 Å². The van der Waals surface area contributed by atoms with Gasteiger partial charge in [0.05, 0.1) is 36.0 Å². The number of carboxylic acids is 1. The van der Waals surface area contributed by atoms with Crippen molar-refractivity contribution in [3.05, 3.63) is 39.3 Å². The van der Waals surface area contributed by atoms with Gasteiger partial charge in [-0.05, 0) is 6.07 Å². The van der Waals surface area contributed by atoms with Crippen molar-refractivity contribution in [2.24, 2.45) is 0 Å². The first-order valence-electron chi connectivity index (χ1n) is 8.65. The molecule has 4 rings (SSSR count). The van der Waals surface area contributed by atoms with Crippen molar-refractivity contribution >= 4 is 32.8 Å². The molecule has 13 heteroatoms. The lowest BCUT2D eigenvalue weighted by atomic mass is 10.1. The third kappa shape index (κ3) is 3.38. The SMILES string of the molecule is O=C(O)CC1=C2C[C@@H](F)CN2CN1n1cc2c(C(F)(F)F)cc(Br)c(C(F)F)c2n1. The third-order valence-corrected chi connectivity index (χ3v) is 5.69. The van der Waals surface area contributed by atoms with E-state index in [9.17, 15) is 36.2 Å². The third-order valence-electron chi connectivity index (χ3n) is 5.03. The molecule has 1 aromatic heterocycles. The highest BCUT2D eigenvalue weighted by atomic mass is 79.9. The van der Waals surface area contributed by atoms with Gasteiger partial charge in [-0.15, -0.1) is 0 Å². The average molecular weight is 499 g/mol. The van der Waals surface area contributed by atoms with Gasteiger partial charge >= 0.3 is 12.1 Å². The number of hydrogen-bond acceptors (Lipinski definition) is 4. The molecule has 1 N–H and O–H groups in total. The number of hydrogen-bond donors (Lipinski definition) is 1. The zero-order valence-electron chi connectivity index (χ0n) is 14.9. The number of carboxylic acid groups (broad SMARTS) is 1. The minimum Gasteiger partial charge on any atom is -0.481 e. The number of carbonyl (C=O) groups is 1. The second-order valence-electron chi connectivity index (χ2n) is 6.96. The van der Waals surface area contributed by atoms with Gasteiger partial charge in [-0.3, -0.25) is 4.79 Å². The summed E-state index contributed by atoms with van der Waals surface area (Å²) in [4.78, 5) is 13.8. The van der Waals surface area contributed by atoms with Gasteiger partial charge in [0.15, 0.2) is 0 Å². The van der Waals surface area contributed by atoms with E-state index in [0.717, 1.165) is 11.0 Å². The Hall–Kier alpha value is -2.44. The minimum absolute atomic E-state index is 0.00261. The van der Waals surface area contributed by atoms with E-state index >= 15 is 0 Å². The molecule has 0 spiro atoms. The molecule has 0 saturated carbocycles. The predicted molar refractivity (Wildman–Crippen MR) is 96.0 cm³/mol. The standard InChI is InChI=1S/C17H13BrF6N4O2/c18-10-2-9(17(22,23)24)8-5-28(25-15(8)14(10)16(20)21)27-6-26-4-7(19)1-11(26)12(27)3-13(29)30/h2,5,7,16H,1,3-4,6H2,(H,29,30)/t7-/m1/s1. The molecule has 1 aromatic carbocycles. The molecule has 1 saturated heterocycles. The Morgan fingerprint density at radius 2 is 2.07 bits per heavy atom. The van der Waals surface area contributed by atoms with Crippen LogP contribution in [-0.2, 0) is 11.0 Å². The summed E-state index contributed by atoms with van der Waals surface area (Å²) in [6.07, 6.45) is -8.74. The number of aliphatic carboxylic acids is 1. The molecule has 6 nitrogen and oxygen atoms in total. The van der Waals surface area contributed by atoms with E-state index in [4.69, 9.17) is 0 Å². The van der Waals surface area contributed by atoms with Crippen LogP contribution in [0.15, 0.2) is 28.1 Å². The van der Waals surface area contributed by atoms with Gasteiger partial charge in [0.1, 0.15) is 18.4 Å². The van der Waals surface area contributed by atoms with Gasteiger partial charge in [0.2, 0.25) is 0 Å². The number of fused-ring (bicyclic) bond motifs is 2. The van der Waals surface area contributed by atoms with E-state index in [2.05, 4.69) is 21.0 Å². The fourth-order valence-corrected chi connectivity index (χ4v) is 4.43. The number of nitrogens with zero attached hydrogens (tertiary/aromatic N) is 4. The Morgan fingerprint density at radius 1 is 1.37 bits per heavy atom. The summed E-state index contributed by atoms with van der Waals surface area (Å²) < 4.78 is 80.9. The second-order valence-corrected chi connectivity index (χ2v) is 7.81. The van der Waals surface area contributed by atoms with Crippen LogP contribution in [0.25, 0.3) is 10.9 Å². The molecule has 3 heterocycles. The predicted octanol–water partition coefficient (Wildman–Crippen LogP) is 4.39. The number of benzene rings is 1. The fourth-order valence-electron chi connectivity index (χ4n) is 3.84. The van der Waals surface area contributed by atoms with E-state index in [0.29, 0.717) is 11.8 Å². The Balaban J connectivity index is 1.90. The van der Waals surface area contributed by atoms with Gasteiger partial charge in [0.25, 0.3) is 6.43 Å². The van der Waals surface area contributed by atoms with Crippen molar-refractivity contribution in [3.8, 4) is 0 Å². The normalized spacial score (nSPS) is 19.5. The smallest absolute Gasteiger partial charge is 0.417 e. The first-order chi connectivity index (χ1) is 14.0. The summed E-state index contributed by atoms with van der Waals surface area (Å²) in [5, 5.41) is 13.9. The number of alkyl halides is 6. The van der Waals surface area contributed by atoms with Gasteiger partial charge in [-0.2, -0.15) is 23.1 Å². The molecule has 30 heavy (non-hydrogen) atoms. The summed E-state index contributed by atoms with van der Waals surface area (Å²) in [7, 11) is 0. The zero-order chi connectivity index (χ0) is 22.0. The molecule has 2 aliphatic rings. The van der Waals surface area contributed by atoms with Crippen molar-refractivity contribution in [3.63, 3.8) is 0 Å². The van der Waals surface area contributed by atoms with Crippen LogP contribution in [0.5, 0.6) is 0 Å². The van der Waals surface area contributed by atoms with Crippen molar-refractivity contribution in [2.75, 3.05) is 18.2 Å². The van der Waals surface area contributed by atoms with E-state index in [1.54, 1.807) is 4.90 Å². The maximum atomic E-state index is 13.7. The van der Waals surface area contributed by atoms with Crippen molar-refractivity contribution in [2.45, 2.75) is 31.6 Å². The lowest BCUT2D eigenvalue weighted by Crippen LogP contribution is -2.37. The van der Waals surface area contributed by atoms with Gasteiger partial charge < -0.3 is 10.0 Å². The van der Waals surface area contributed by atoms with Crippen LogP contribution >= 0.6 is 15.9 Å². The largest absolute Gasteiger partial charge is 0.481 e. The molecular weight excluding hydrogens is 486 g/mol. The Kier molecular flexibility index (Phi) is 4.90. The zero-order valence-corrected chi connectivity index (χ0v) is 16.5. The number of allylic oxidation sites excluding steroid dienone is 1. The van der Waals surface area contributed by atoms with Gasteiger partial charge in [0, 0.05) is 22.0 Å². The Morgan fingerprint density at radius 3 is 2.67 bits per heavy atom. The maximum absolute atomic E-state index is 13.7. The second kappa shape index (κ2) is 7.06. The molecule has 0 bridgehead atoms. The Labute approximate surface area is 173 Å². The quantitative estimate of drug-likeness (QED) is 0.633. The van der Waals surface area contributed by atoms with E-state index < -0.39 is 57.7 Å². The Bertz CT molecular complexity index is 1070. The molecule has 1 atom stereocenters. The lowest BCUT2D eigenvalue weighted by molar-refractivity contribution is -0.137. The topological polar surface area (TPSA) is 61.6 Å². The lowest BCUT2D eigenvalue weighted by Gasteiger charge is -2.22. The first kappa shape index (κ1) is 20.8.